The maximum atomic E-state index is 9.60. The maximum absolute atomic E-state index is 9.60. The van der Waals surface area contributed by atoms with Crippen molar-refractivity contribution in [3.63, 3.8) is 0 Å². The zero-order valence-electron chi connectivity index (χ0n) is 16.4. The Kier molecular flexibility index (Phi) is 5.14. The summed E-state index contributed by atoms with van der Waals surface area (Å²) in [6.45, 7) is 5.79. The van der Waals surface area contributed by atoms with E-state index < -0.39 is 0 Å². The van der Waals surface area contributed by atoms with Gasteiger partial charge in [-0.3, -0.25) is 0 Å². The summed E-state index contributed by atoms with van der Waals surface area (Å²) < 4.78 is 3.61. The van der Waals surface area contributed by atoms with Crippen molar-refractivity contribution >= 4 is 11.8 Å². The Hall–Kier alpha value is -3.44. The molecule has 4 aromatic rings. The van der Waals surface area contributed by atoms with E-state index in [1.807, 2.05) is 74.0 Å². The summed E-state index contributed by atoms with van der Waals surface area (Å²) >= 11 is 1.52. The highest BCUT2D eigenvalue weighted by Crippen LogP contribution is 2.26. The van der Waals surface area contributed by atoms with E-state index >= 15 is 0 Å². The van der Waals surface area contributed by atoms with E-state index in [-0.39, 0.29) is 0 Å². The molecule has 29 heavy (non-hydrogen) atoms. The molecule has 0 aliphatic carbocycles. The average Bonchev–Trinajstić information content (AvgIpc) is 3.25. The Morgan fingerprint density at radius 1 is 0.966 bits per heavy atom. The quantitative estimate of drug-likeness (QED) is 0.471. The second kappa shape index (κ2) is 7.89. The molecule has 0 saturated carbocycles. The first-order valence-corrected chi connectivity index (χ1v) is 10.1. The molecule has 0 saturated heterocycles. The number of nitrogens with zero attached hydrogens (tertiary/aromatic N) is 7. The summed E-state index contributed by atoms with van der Waals surface area (Å²) in [4.78, 5) is 0. The van der Waals surface area contributed by atoms with Crippen molar-refractivity contribution in [1.82, 2.24) is 29.8 Å². The van der Waals surface area contributed by atoms with E-state index in [2.05, 4.69) is 26.5 Å². The lowest BCUT2D eigenvalue weighted by Gasteiger charge is -2.08. The molecule has 3 heterocycles. The van der Waals surface area contributed by atoms with E-state index in [1.54, 1.807) is 4.68 Å². The van der Waals surface area contributed by atoms with Gasteiger partial charge in [0, 0.05) is 11.4 Å². The van der Waals surface area contributed by atoms with Gasteiger partial charge < -0.3 is 0 Å². The first-order chi connectivity index (χ1) is 14.1. The summed E-state index contributed by atoms with van der Waals surface area (Å²) in [5.74, 6) is 1.25. The normalized spacial score (nSPS) is 10.8. The standard InChI is InChI=1S/C21H19N7S/c1-14-11-15(2)27(25-14)20-9-10-21(24-23-20)29-13-19-18(12-22)16(3)26-28(19)17-7-5-4-6-8-17/h4-11H,13H2,1-3H3. The number of hydrogen-bond acceptors (Lipinski definition) is 6. The first kappa shape index (κ1) is 18.9. The van der Waals surface area contributed by atoms with Crippen LogP contribution >= 0.6 is 11.8 Å². The zero-order valence-corrected chi connectivity index (χ0v) is 17.2. The van der Waals surface area contributed by atoms with E-state index in [1.165, 1.54) is 11.8 Å². The lowest BCUT2D eigenvalue weighted by molar-refractivity contribution is 0.765. The monoisotopic (exact) mass is 401 g/mol. The Labute approximate surface area is 173 Å². The van der Waals surface area contributed by atoms with Crippen molar-refractivity contribution in [1.29, 1.82) is 5.26 Å². The van der Waals surface area contributed by atoms with Gasteiger partial charge >= 0.3 is 0 Å². The van der Waals surface area contributed by atoms with Gasteiger partial charge in [-0.05, 0) is 51.1 Å². The molecule has 1 aromatic carbocycles. The Balaban J connectivity index is 1.58. The summed E-state index contributed by atoms with van der Waals surface area (Å²) in [7, 11) is 0. The average molecular weight is 401 g/mol. The molecule has 144 valence electrons. The van der Waals surface area contributed by atoms with Gasteiger partial charge in [0.1, 0.15) is 11.1 Å². The molecule has 0 radical (unpaired) electrons. The molecular formula is C21H19N7S. The summed E-state index contributed by atoms with van der Waals surface area (Å²) in [6, 6.07) is 17.9. The molecule has 0 aliphatic heterocycles. The van der Waals surface area contributed by atoms with Crippen LogP contribution in [0.3, 0.4) is 0 Å². The fourth-order valence-electron chi connectivity index (χ4n) is 3.14. The van der Waals surface area contributed by atoms with Crippen LogP contribution in [-0.4, -0.2) is 29.8 Å². The van der Waals surface area contributed by atoms with Crippen molar-refractivity contribution in [2.24, 2.45) is 0 Å². The Morgan fingerprint density at radius 3 is 2.38 bits per heavy atom. The number of nitriles is 1. The zero-order chi connectivity index (χ0) is 20.4. The van der Waals surface area contributed by atoms with E-state index in [0.717, 1.165) is 33.5 Å². The summed E-state index contributed by atoms with van der Waals surface area (Å²) in [5, 5.41) is 28.0. The third kappa shape index (κ3) is 3.77. The van der Waals surface area contributed by atoms with Gasteiger partial charge in [-0.1, -0.05) is 30.0 Å². The topological polar surface area (TPSA) is 85.2 Å². The largest absolute Gasteiger partial charge is 0.235 e. The third-order valence-electron chi connectivity index (χ3n) is 4.48. The molecule has 0 spiro atoms. The Morgan fingerprint density at radius 2 is 1.76 bits per heavy atom. The molecule has 0 atom stereocenters. The number of rotatable bonds is 5. The number of hydrogen-bond donors (Lipinski definition) is 0. The molecule has 0 aliphatic rings. The SMILES string of the molecule is Cc1cc(C)n(-c2ccc(SCc3c(C#N)c(C)nn3-c3ccccc3)nn2)n1. The van der Waals surface area contributed by atoms with Crippen molar-refractivity contribution in [3.05, 3.63) is 76.9 Å². The predicted octanol–water partition coefficient (Wildman–Crippen LogP) is 3.94. The van der Waals surface area contributed by atoms with Crippen LogP contribution in [0.15, 0.2) is 53.6 Å². The minimum Gasteiger partial charge on any atom is -0.235 e. The molecule has 4 rings (SSSR count). The molecule has 0 unspecified atom stereocenters. The predicted molar refractivity (Wildman–Crippen MR) is 111 cm³/mol. The van der Waals surface area contributed by atoms with E-state index in [9.17, 15) is 5.26 Å². The lowest BCUT2D eigenvalue weighted by Crippen LogP contribution is -2.04. The van der Waals surface area contributed by atoms with Gasteiger partial charge in [0.05, 0.1) is 28.3 Å². The molecule has 0 bridgehead atoms. The Bertz CT molecular complexity index is 1180. The van der Waals surface area contributed by atoms with E-state index in [4.69, 9.17) is 0 Å². The highest BCUT2D eigenvalue weighted by Gasteiger charge is 2.17. The van der Waals surface area contributed by atoms with Gasteiger partial charge in [0.25, 0.3) is 0 Å². The van der Waals surface area contributed by atoms with Crippen LogP contribution < -0.4 is 0 Å². The molecule has 8 heteroatoms. The van der Waals surface area contributed by atoms with Crippen molar-refractivity contribution < 1.29 is 0 Å². The van der Waals surface area contributed by atoms with Crippen LogP contribution in [0, 0.1) is 32.1 Å². The molecule has 0 amide bonds. The highest BCUT2D eigenvalue weighted by molar-refractivity contribution is 7.98. The third-order valence-corrected chi connectivity index (χ3v) is 5.41. The molecule has 7 nitrogen and oxygen atoms in total. The van der Waals surface area contributed by atoms with Crippen molar-refractivity contribution in [2.45, 2.75) is 31.6 Å². The van der Waals surface area contributed by atoms with Crippen LogP contribution in [0.1, 0.15) is 28.3 Å². The minimum absolute atomic E-state index is 0.562. The smallest absolute Gasteiger partial charge is 0.175 e. The second-order valence-corrected chi connectivity index (χ2v) is 7.62. The molecule has 0 N–H and O–H groups in total. The summed E-state index contributed by atoms with van der Waals surface area (Å²) in [6.07, 6.45) is 0. The highest BCUT2D eigenvalue weighted by atomic mass is 32.2. The lowest BCUT2D eigenvalue weighted by atomic mass is 10.2. The van der Waals surface area contributed by atoms with Crippen LogP contribution in [0.5, 0.6) is 0 Å². The number of para-hydroxylation sites is 1. The first-order valence-electron chi connectivity index (χ1n) is 9.11. The van der Waals surface area contributed by atoms with Crippen molar-refractivity contribution in [3.8, 4) is 17.6 Å². The van der Waals surface area contributed by atoms with Gasteiger partial charge in [-0.15, -0.1) is 10.2 Å². The van der Waals surface area contributed by atoms with Crippen LogP contribution in [0.2, 0.25) is 0 Å². The number of benzene rings is 1. The molecule has 0 fully saturated rings. The summed E-state index contributed by atoms with van der Waals surface area (Å²) in [5.41, 5.74) is 5.06. The van der Waals surface area contributed by atoms with Crippen LogP contribution in [0.25, 0.3) is 11.5 Å². The number of aromatic nitrogens is 6. The van der Waals surface area contributed by atoms with E-state index in [0.29, 0.717) is 17.1 Å². The van der Waals surface area contributed by atoms with Gasteiger partial charge in [0.15, 0.2) is 5.82 Å². The number of aryl methyl sites for hydroxylation is 3. The van der Waals surface area contributed by atoms with Crippen molar-refractivity contribution in [2.75, 3.05) is 0 Å². The second-order valence-electron chi connectivity index (χ2n) is 6.62. The molecular weight excluding hydrogens is 382 g/mol. The van der Waals surface area contributed by atoms with Gasteiger partial charge in [-0.2, -0.15) is 15.5 Å². The van der Waals surface area contributed by atoms with Gasteiger partial charge in [0.2, 0.25) is 0 Å². The minimum atomic E-state index is 0.562. The fourth-order valence-corrected chi connectivity index (χ4v) is 3.96. The van der Waals surface area contributed by atoms with Crippen LogP contribution in [0.4, 0.5) is 0 Å². The maximum Gasteiger partial charge on any atom is 0.175 e. The number of thioether (sulfide) groups is 1. The van der Waals surface area contributed by atoms with Gasteiger partial charge in [-0.25, -0.2) is 9.36 Å². The van der Waals surface area contributed by atoms with Crippen LogP contribution in [-0.2, 0) is 5.75 Å². The molecule has 3 aromatic heterocycles. The fraction of sp³-hybridized carbons (Fsp3) is 0.190.